The van der Waals surface area contributed by atoms with Crippen LogP contribution < -0.4 is 5.32 Å². The molecule has 2 heterocycles. The van der Waals surface area contributed by atoms with Gasteiger partial charge in [0.2, 0.25) is 0 Å². The molecule has 37 heavy (non-hydrogen) atoms. The highest BCUT2D eigenvalue weighted by Gasteiger charge is 2.22. The molecule has 1 unspecified atom stereocenters. The van der Waals surface area contributed by atoms with Crippen LogP contribution in [0, 0.1) is 0 Å². The van der Waals surface area contributed by atoms with Crippen LogP contribution in [0.1, 0.15) is 24.2 Å². The summed E-state index contributed by atoms with van der Waals surface area (Å²) < 4.78 is 15.9. The van der Waals surface area contributed by atoms with E-state index in [0.29, 0.717) is 38.7 Å². The standard InChI is InChI=1S/C26H19ClN4O5S/c1-14(17-4-2-3-5-20(17)27)35-26(34)29-21-13-28-36-24(21)19-11-10-18(25-23(19)30-31-37-25)16-8-6-15(7-9-16)12-22(32)33/h2-11,13-14H,12H2,1H3,(H,29,34)(H,32,33). The molecule has 0 fully saturated rings. The van der Waals surface area contributed by atoms with Crippen molar-refractivity contribution in [1.82, 2.24) is 14.7 Å². The molecule has 3 aromatic carbocycles. The largest absolute Gasteiger partial charge is 0.481 e. The number of carboxylic acids is 1. The van der Waals surface area contributed by atoms with Crippen LogP contribution in [0.4, 0.5) is 10.5 Å². The first-order valence-corrected chi connectivity index (χ1v) is 12.3. The fourth-order valence-electron chi connectivity index (χ4n) is 3.94. The van der Waals surface area contributed by atoms with Crippen LogP contribution in [0.3, 0.4) is 0 Å². The monoisotopic (exact) mass is 534 g/mol. The Balaban J connectivity index is 1.40. The molecule has 0 saturated carbocycles. The van der Waals surface area contributed by atoms with Crippen LogP contribution in [-0.2, 0) is 16.0 Å². The highest BCUT2D eigenvalue weighted by molar-refractivity contribution is 7.13. The highest BCUT2D eigenvalue weighted by atomic mass is 35.5. The van der Waals surface area contributed by atoms with Gasteiger partial charge in [-0.2, -0.15) is 0 Å². The maximum absolute atomic E-state index is 12.6. The van der Waals surface area contributed by atoms with E-state index in [-0.39, 0.29) is 6.42 Å². The van der Waals surface area contributed by atoms with Crippen LogP contribution in [0.15, 0.2) is 71.4 Å². The average molecular weight is 535 g/mol. The number of anilines is 1. The first-order valence-electron chi connectivity index (χ1n) is 11.1. The van der Waals surface area contributed by atoms with Crippen molar-refractivity contribution in [3.8, 4) is 22.5 Å². The number of halogens is 1. The molecule has 0 saturated heterocycles. The number of aliphatic carboxylic acids is 1. The minimum absolute atomic E-state index is 0.0440. The Morgan fingerprint density at radius 3 is 2.62 bits per heavy atom. The number of ether oxygens (including phenoxy) is 1. The van der Waals surface area contributed by atoms with Gasteiger partial charge in [-0.05, 0) is 41.7 Å². The second kappa shape index (κ2) is 10.4. The summed E-state index contributed by atoms with van der Waals surface area (Å²) in [4.78, 5) is 23.6. The van der Waals surface area contributed by atoms with Crippen molar-refractivity contribution in [2.24, 2.45) is 0 Å². The van der Waals surface area contributed by atoms with E-state index in [0.717, 1.165) is 15.8 Å². The van der Waals surface area contributed by atoms with Gasteiger partial charge in [0, 0.05) is 16.1 Å². The third-order valence-electron chi connectivity index (χ3n) is 5.70. The Kier molecular flexibility index (Phi) is 6.85. The molecule has 0 aliphatic heterocycles. The molecule has 1 atom stereocenters. The number of carbonyl (C=O) groups is 2. The summed E-state index contributed by atoms with van der Waals surface area (Å²) in [6.45, 7) is 1.73. The van der Waals surface area contributed by atoms with E-state index in [9.17, 15) is 9.59 Å². The fraction of sp³-hybridized carbons (Fsp3) is 0.115. The first kappa shape index (κ1) is 24.4. The van der Waals surface area contributed by atoms with E-state index in [1.807, 2.05) is 30.3 Å². The van der Waals surface area contributed by atoms with Crippen LogP contribution in [0.2, 0.25) is 5.02 Å². The van der Waals surface area contributed by atoms with E-state index >= 15 is 0 Å². The predicted molar refractivity (Wildman–Crippen MR) is 140 cm³/mol. The number of carboxylic acid groups (broad SMARTS) is 1. The van der Waals surface area contributed by atoms with Crippen molar-refractivity contribution in [3.05, 3.63) is 83.0 Å². The third kappa shape index (κ3) is 5.16. The lowest BCUT2D eigenvalue weighted by molar-refractivity contribution is -0.136. The summed E-state index contributed by atoms with van der Waals surface area (Å²) in [5, 5.41) is 20.3. The number of fused-ring (bicyclic) bond motifs is 1. The molecule has 0 radical (unpaired) electrons. The summed E-state index contributed by atoms with van der Waals surface area (Å²) in [5.74, 6) is -0.576. The number of amides is 1. The van der Waals surface area contributed by atoms with Crippen molar-refractivity contribution in [2.45, 2.75) is 19.4 Å². The third-order valence-corrected chi connectivity index (χ3v) is 6.81. The summed E-state index contributed by atoms with van der Waals surface area (Å²) in [7, 11) is 0. The zero-order valence-corrected chi connectivity index (χ0v) is 20.9. The summed E-state index contributed by atoms with van der Waals surface area (Å²) in [6.07, 6.45) is 0.0740. The first-order chi connectivity index (χ1) is 17.9. The highest BCUT2D eigenvalue weighted by Crippen LogP contribution is 2.39. The van der Waals surface area contributed by atoms with Gasteiger partial charge in [-0.1, -0.05) is 69.8 Å². The summed E-state index contributed by atoms with van der Waals surface area (Å²) in [6, 6.07) is 18.1. The molecule has 0 aliphatic rings. The molecule has 0 aliphatic carbocycles. The number of carbonyl (C=O) groups excluding carboxylic acids is 1. The minimum Gasteiger partial charge on any atom is -0.481 e. The Bertz CT molecular complexity index is 1600. The van der Waals surface area contributed by atoms with Crippen molar-refractivity contribution < 1.29 is 24.0 Å². The quantitative estimate of drug-likeness (QED) is 0.239. The number of rotatable bonds is 7. The second-order valence-electron chi connectivity index (χ2n) is 8.14. The van der Waals surface area contributed by atoms with Gasteiger partial charge >= 0.3 is 12.1 Å². The normalized spacial score (nSPS) is 11.8. The maximum atomic E-state index is 12.6. The number of hydrogen-bond acceptors (Lipinski definition) is 8. The smallest absolute Gasteiger partial charge is 0.412 e. The van der Waals surface area contributed by atoms with Crippen molar-refractivity contribution in [1.29, 1.82) is 0 Å². The molecule has 11 heteroatoms. The second-order valence-corrected chi connectivity index (χ2v) is 9.30. The number of benzene rings is 3. The number of aromatic nitrogens is 3. The van der Waals surface area contributed by atoms with E-state index in [1.54, 1.807) is 37.3 Å². The van der Waals surface area contributed by atoms with Crippen molar-refractivity contribution in [3.63, 3.8) is 0 Å². The Morgan fingerprint density at radius 1 is 1.11 bits per heavy atom. The minimum atomic E-state index is -0.884. The van der Waals surface area contributed by atoms with Crippen LogP contribution >= 0.6 is 23.1 Å². The lowest BCUT2D eigenvalue weighted by Gasteiger charge is -2.15. The molecule has 0 spiro atoms. The molecule has 186 valence electrons. The number of nitrogens with zero attached hydrogens (tertiary/aromatic N) is 3. The SMILES string of the molecule is CC(OC(=O)Nc1cnoc1-c1ccc(-c2ccc(CC(=O)O)cc2)c2snnc12)c1ccccc1Cl. The van der Waals surface area contributed by atoms with Gasteiger partial charge in [-0.3, -0.25) is 10.1 Å². The molecular formula is C26H19ClN4O5S. The molecule has 9 nitrogen and oxygen atoms in total. The zero-order valence-electron chi connectivity index (χ0n) is 19.3. The number of nitrogens with one attached hydrogen (secondary N) is 1. The molecule has 2 N–H and O–H groups in total. The summed E-state index contributed by atoms with van der Waals surface area (Å²) in [5.41, 5.74) is 4.67. The molecule has 5 aromatic rings. The van der Waals surface area contributed by atoms with Crippen molar-refractivity contribution >= 4 is 51.1 Å². The fourth-order valence-corrected chi connectivity index (χ4v) is 4.96. The van der Waals surface area contributed by atoms with Gasteiger partial charge in [0.05, 0.1) is 22.9 Å². The van der Waals surface area contributed by atoms with Gasteiger partial charge in [-0.25, -0.2) is 4.79 Å². The molecule has 5 rings (SSSR count). The van der Waals surface area contributed by atoms with E-state index in [1.165, 1.54) is 17.7 Å². The van der Waals surface area contributed by atoms with Gasteiger partial charge in [0.15, 0.2) is 5.76 Å². The molecule has 1 amide bonds. The lowest BCUT2D eigenvalue weighted by atomic mass is 10.00. The van der Waals surface area contributed by atoms with Gasteiger partial charge in [0.1, 0.15) is 17.3 Å². The molecular weight excluding hydrogens is 516 g/mol. The lowest BCUT2D eigenvalue weighted by Crippen LogP contribution is -2.16. The van der Waals surface area contributed by atoms with Crippen LogP contribution in [-0.4, -0.2) is 31.9 Å². The van der Waals surface area contributed by atoms with Crippen molar-refractivity contribution in [2.75, 3.05) is 5.32 Å². The summed E-state index contributed by atoms with van der Waals surface area (Å²) >= 11 is 7.43. The maximum Gasteiger partial charge on any atom is 0.412 e. The Labute approximate surface area is 219 Å². The molecule has 2 aromatic heterocycles. The Morgan fingerprint density at radius 2 is 1.86 bits per heavy atom. The van der Waals surface area contributed by atoms with Crippen LogP contribution in [0.25, 0.3) is 32.7 Å². The van der Waals surface area contributed by atoms with Gasteiger partial charge < -0.3 is 14.4 Å². The van der Waals surface area contributed by atoms with Gasteiger partial charge in [0.25, 0.3) is 0 Å². The molecule has 0 bridgehead atoms. The number of hydrogen-bond donors (Lipinski definition) is 2. The van der Waals surface area contributed by atoms with E-state index in [4.69, 9.17) is 26.0 Å². The average Bonchev–Trinajstić information content (AvgIpc) is 3.54. The van der Waals surface area contributed by atoms with E-state index < -0.39 is 18.2 Å². The topological polar surface area (TPSA) is 127 Å². The zero-order chi connectivity index (χ0) is 25.9. The van der Waals surface area contributed by atoms with E-state index in [2.05, 4.69) is 20.1 Å². The predicted octanol–water partition coefficient (Wildman–Crippen LogP) is 6.60. The van der Waals surface area contributed by atoms with Gasteiger partial charge in [-0.15, -0.1) is 5.10 Å². The van der Waals surface area contributed by atoms with Crippen LogP contribution in [0.5, 0.6) is 0 Å². The Hall–Kier alpha value is -4.28.